The van der Waals surface area contributed by atoms with Gasteiger partial charge in [-0.05, 0) is 48.7 Å². The third-order valence-electron chi connectivity index (χ3n) is 6.10. The second kappa shape index (κ2) is 14.2. The predicted molar refractivity (Wildman–Crippen MR) is 142 cm³/mol. The molecule has 7 nitrogen and oxygen atoms in total. The van der Waals surface area contributed by atoms with Gasteiger partial charge in [0.1, 0.15) is 6.54 Å². The molecular weight excluding hydrogens is 454 g/mol. The molecule has 3 rings (SSSR count). The number of nitrogens with zero attached hydrogens (tertiary/aromatic N) is 3. The van der Waals surface area contributed by atoms with Gasteiger partial charge in [-0.1, -0.05) is 42.5 Å². The third-order valence-corrected chi connectivity index (χ3v) is 6.10. The molecule has 0 radical (unpaired) electrons. The fraction of sp³-hybridized carbons (Fsp3) is 0.379. The lowest BCUT2D eigenvalue weighted by molar-refractivity contribution is -0.133. The Labute approximate surface area is 214 Å². The number of methoxy groups -OCH3 is 1. The van der Waals surface area contributed by atoms with Crippen molar-refractivity contribution >= 4 is 11.8 Å². The normalized spacial score (nSPS) is 10.9. The summed E-state index contributed by atoms with van der Waals surface area (Å²) < 4.78 is 12.7. The Kier molecular flexibility index (Phi) is 10.7. The molecule has 36 heavy (non-hydrogen) atoms. The molecule has 0 aliphatic heterocycles. The van der Waals surface area contributed by atoms with Gasteiger partial charge in [0.2, 0.25) is 5.91 Å². The van der Waals surface area contributed by atoms with Gasteiger partial charge < -0.3 is 23.8 Å². The molecule has 0 N–H and O–H groups in total. The van der Waals surface area contributed by atoms with E-state index in [0.717, 1.165) is 16.8 Å². The zero-order chi connectivity index (χ0) is 25.8. The quantitative estimate of drug-likeness (QED) is 0.317. The van der Waals surface area contributed by atoms with Crippen LogP contribution in [-0.2, 0) is 27.9 Å². The van der Waals surface area contributed by atoms with Crippen LogP contribution >= 0.6 is 0 Å². The first-order chi connectivity index (χ1) is 17.5. The molecule has 0 fully saturated rings. The van der Waals surface area contributed by atoms with E-state index in [9.17, 15) is 9.59 Å². The number of rotatable bonds is 14. The maximum absolute atomic E-state index is 13.5. The monoisotopic (exact) mass is 491 g/mol. The van der Waals surface area contributed by atoms with Crippen LogP contribution in [0.4, 0.5) is 0 Å². The van der Waals surface area contributed by atoms with Crippen molar-refractivity contribution in [1.29, 1.82) is 0 Å². The van der Waals surface area contributed by atoms with Gasteiger partial charge in [0, 0.05) is 57.9 Å². The van der Waals surface area contributed by atoms with Crippen LogP contribution in [0.25, 0.3) is 11.1 Å². The molecule has 0 bridgehead atoms. The molecule has 0 atom stereocenters. The fourth-order valence-corrected chi connectivity index (χ4v) is 3.99. The van der Waals surface area contributed by atoms with Crippen molar-refractivity contribution in [3.05, 3.63) is 84.2 Å². The minimum atomic E-state index is -0.162. The first kappa shape index (κ1) is 27.2. The number of hydrogen-bond donors (Lipinski definition) is 0. The van der Waals surface area contributed by atoms with Crippen molar-refractivity contribution in [1.82, 2.24) is 14.4 Å². The van der Waals surface area contributed by atoms with Crippen molar-refractivity contribution in [3.63, 3.8) is 0 Å². The lowest BCUT2D eigenvalue weighted by Gasteiger charge is -2.28. The molecule has 0 aliphatic rings. The van der Waals surface area contributed by atoms with E-state index < -0.39 is 0 Å². The Hall–Kier alpha value is -3.42. The number of carbonyl (C=O) groups excluding carboxylic acids is 2. The Bertz CT molecular complexity index is 1080. The van der Waals surface area contributed by atoms with Crippen LogP contribution < -0.4 is 0 Å². The van der Waals surface area contributed by atoms with Crippen molar-refractivity contribution in [2.45, 2.75) is 19.9 Å². The molecule has 2 aromatic carbocycles. The highest BCUT2D eigenvalue weighted by Crippen LogP contribution is 2.20. The summed E-state index contributed by atoms with van der Waals surface area (Å²) >= 11 is 0. The molecule has 2 amide bonds. The highest BCUT2D eigenvalue weighted by molar-refractivity contribution is 5.97. The molecule has 7 heteroatoms. The van der Waals surface area contributed by atoms with Gasteiger partial charge in [-0.2, -0.15) is 0 Å². The molecule has 3 aromatic rings. The van der Waals surface area contributed by atoms with Crippen LogP contribution in [0.3, 0.4) is 0 Å². The first-order valence-corrected chi connectivity index (χ1v) is 12.4. The van der Waals surface area contributed by atoms with E-state index in [2.05, 4.69) is 0 Å². The number of aromatic nitrogens is 1. The summed E-state index contributed by atoms with van der Waals surface area (Å²) in [4.78, 5) is 30.3. The highest BCUT2D eigenvalue weighted by atomic mass is 16.5. The Morgan fingerprint density at radius 1 is 0.861 bits per heavy atom. The maximum atomic E-state index is 13.5. The Morgan fingerprint density at radius 2 is 1.58 bits per heavy atom. The van der Waals surface area contributed by atoms with Gasteiger partial charge in [0.25, 0.3) is 5.91 Å². The summed E-state index contributed by atoms with van der Waals surface area (Å²) in [5, 5.41) is 0. The number of carbonyl (C=O) groups is 2. The SMILES string of the molecule is CCOCCCN(CC(=O)N(CCOC)Cc1cccn1C)C(=O)c1ccc(-c2ccccc2)cc1. The molecule has 0 saturated carbocycles. The van der Waals surface area contributed by atoms with E-state index in [-0.39, 0.29) is 18.4 Å². The highest BCUT2D eigenvalue weighted by Gasteiger charge is 2.23. The van der Waals surface area contributed by atoms with Crippen LogP contribution in [0.2, 0.25) is 0 Å². The van der Waals surface area contributed by atoms with Crippen LogP contribution in [0, 0.1) is 0 Å². The average molecular weight is 492 g/mol. The van der Waals surface area contributed by atoms with E-state index in [0.29, 0.717) is 51.4 Å². The number of benzene rings is 2. The lowest BCUT2D eigenvalue weighted by Crippen LogP contribution is -2.44. The number of ether oxygens (including phenoxy) is 2. The second-order valence-corrected chi connectivity index (χ2v) is 8.64. The van der Waals surface area contributed by atoms with Gasteiger partial charge in [-0.3, -0.25) is 9.59 Å². The topological polar surface area (TPSA) is 64.0 Å². The molecule has 0 saturated heterocycles. The van der Waals surface area contributed by atoms with E-state index in [1.807, 2.05) is 91.5 Å². The third kappa shape index (κ3) is 7.80. The van der Waals surface area contributed by atoms with Crippen LogP contribution in [0.15, 0.2) is 72.9 Å². The standard InChI is InChI=1S/C29H37N3O4/c1-4-36-20-9-18-32(23-28(33)31(19-21-35-3)22-27-12-8-17-30(27)2)29(34)26-15-13-25(14-16-26)24-10-6-5-7-11-24/h5-8,10-17H,4,9,18-23H2,1-3H3. The summed E-state index contributed by atoms with van der Waals surface area (Å²) in [6, 6.07) is 21.5. The van der Waals surface area contributed by atoms with Gasteiger partial charge in [-0.25, -0.2) is 0 Å². The summed E-state index contributed by atoms with van der Waals surface area (Å²) in [6.45, 7) is 4.87. The molecule has 1 heterocycles. The van der Waals surface area contributed by atoms with E-state index >= 15 is 0 Å². The predicted octanol–water partition coefficient (Wildman–Crippen LogP) is 4.24. The summed E-state index contributed by atoms with van der Waals surface area (Å²) in [6.07, 6.45) is 2.61. The van der Waals surface area contributed by atoms with Crippen LogP contribution in [0.5, 0.6) is 0 Å². The van der Waals surface area contributed by atoms with Crippen molar-refractivity contribution < 1.29 is 19.1 Å². The summed E-state index contributed by atoms with van der Waals surface area (Å²) in [5.74, 6) is -0.274. The van der Waals surface area contributed by atoms with E-state index in [1.54, 1.807) is 16.9 Å². The van der Waals surface area contributed by atoms with E-state index in [1.165, 1.54) is 0 Å². The fourth-order valence-electron chi connectivity index (χ4n) is 3.99. The van der Waals surface area contributed by atoms with Gasteiger partial charge in [0.05, 0.1) is 13.2 Å². The summed E-state index contributed by atoms with van der Waals surface area (Å²) in [7, 11) is 3.57. The lowest BCUT2D eigenvalue weighted by atomic mass is 10.0. The molecule has 0 spiro atoms. The van der Waals surface area contributed by atoms with Gasteiger partial charge >= 0.3 is 0 Å². The molecular formula is C29H37N3O4. The zero-order valence-electron chi connectivity index (χ0n) is 21.6. The average Bonchev–Trinajstić information content (AvgIpc) is 3.32. The minimum absolute atomic E-state index is 0.000464. The maximum Gasteiger partial charge on any atom is 0.254 e. The molecule has 192 valence electrons. The zero-order valence-corrected chi connectivity index (χ0v) is 21.6. The summed E-state index contributed by atoms with van der Waals surface area (Å²) in [5.41, 5.74) is 3.71. The number of aryl methyl sites for hydroxylation is 1. The molecule has 0 aliphatic carbocycles. The number of amides is 2. The van der Waals surface area contributed by atoms with Gasteiger partial charge in [-0.15, -0.1) is 0 Å². The molecule has 0 unspecified atom stereocenters. The van der Waals surface area contributed by atoms with E-state index in [4.69, 9.17) is 9.47 Å². The smallest absolute Gasteiger partial charge is 0.254 e. The Balaban J connectivity index is 1.75. The number of hydrogen-bond acceptors (Lipinski definition) is 4. The van der Waals surface area contributed by atoms with Crippen molar-refractivity contribution in [2.75, 3.05) is 46.6 Å². The Morgan fingerprint density at radius 3 is 2.22 bits per heavy atom. The van der Waals surface area contributed by atoms with Crippen molar-refractivity contribution in [2.24, 2.45) is 7.05 Å². The second-order valence-electron chi connectivity index (χ2n) is 8.64. The van der Waals surface area contributed by atoms with Crippen molar-refractivity contribution in [3.8, 4) is 11.1 Å². The van der Waals surface area contributed by atoms with Gasteiger partial charge in [0.15, 0.2) is 0 Å². The molecule has 1 aromatic heterocycles. The van der Waals surface area contributed by atoms with Crippen LogP contribution in [0.1, 0.15) is 29.4 Å². The minimum Gasteiger partial charge on any atom is -0.383 e. The largest absolute Gasteiger partial charge is 0.383 e. The first-order valence-electron chi connectivity index (χ1n) is 12.4. The van der Waals surface area contributed by atoms with Crippen LogP contribution in [-0.4, -0.2) is 72.7 Å².